The molecule has 1 aromatic heterocycles. The lowest BCUT2D eigenvalue weighted by Crippen LogP contribution is -2.39. The van der Waals surface area contributed by atoms with E-state index in [1.54, 1.807) is 5.70 Å². The number of hydrogen-bond acceptors (Lipinski definition) is 1. The van der Waals surface area contributed by atoms with E-state index in [-0.39, 0.29) is 0 Å². The van der Waals surface area contributed by atoms with Crippen LogP contribution in [0.1, 0.15) is 43.4 Å². The SMILES string of the molecule is C1=CCCC(N2C3=C(C4=CC=C5C=CCCC5C42)c2c(n(-c4ccc(-c5ccccc5)cc4)c4ccccc24)CC3)=C1. The Labute approximate surface area is 248 Å². The molecule has 0 bridgehead atoms. The first-order valence-electron chi connectivity index (χ1n) is 15.6. The quantitative estimate of drug-likeness (QED) is 0.250. The van der Waals surface area contributed by atoms with Crippen molar-refractivity contribution in [2.45, 2.75) is 44.6 Å². The lowest BCUT2D eigenvalue weighted by atomic mass is 9.75. The minimum absolute atomic E-state index is 0.399. The van der Waals surface area contributed by atoms with Gasteiger partial charge in [-0.05, 0) is 85.1 Å². The maximum absolute atomic E-state index is 2.80. The highest BCUT2D eigenvalue weighted by molar-refractivity contribution is 6.03. The van der Waals surface area contributed by atoms with Crippen molar-refractivity contribution in [1.29, 1.82) is 0 Å². The van der Waals surface area contributed by atoms with Gasteiger partial charge >= 0.3 is 0 Å². The second-order valence-electron chi connectivity index (χ2n) is 12.2. The third-order valence-electron chi connectivity index (χ3n) is 10.0. The number of aromatic nitrogens is 1. The predicted molar refractivity (Wildman–Crippen MR) is 174 cm³/mol. The molecule has 0 saturated carbocycles. The Bertz CT molecular complexity index is 1920. The highest BCUT2D eigenvalue weighted by Gasteiger charge is 2.47. The van der Waals surface area contributed by atoms with E-state index in [9.17, 15) is 0 Å². The summed E-state index contributed by atoms with van der Waals surface area (Å²) < 4.78 is 2.55. The van der Waals surface area contributed by atoms with Crippen LogP contribution in [0.3, 0.4) is 0 Å². The van der Waals surface area contributed by atoms with Crippen LogP contribution in [-0.2, 0) is 6.42 Å². The van der Waals surface area contributed by atoms with Crippen molar-refractivity contribution < 1.29 is 0 Å². The molecule has 2 heteroatoms. The van der Waals surface area contributed by atoms with Gasteiger partial charge in [0.05, 0.1) is 11.6 Å². The number of allylic oxidation sites excluding steroid dienone is 9. The Kier molecular flexibility index (Phi) is 5.44. The van der Waals surface area contributed by atoms with Gasteiger partial charge in [-0.3, -0.25) is 0 Å². The van der Waals surface area contributed by atoms with Crippen molar-refractivity contribution in [2.75, 3.05) is 0 Å². The minimum atomic E-state index is 0.399. The average molecular weight is 543 g/mol. The van der Waals surface area contributed by atoms with E-state index in [4.69, 9.17) is 0 Å². The maximum Gasteiger partial charge on any atom is 0.0660 e. The second kappa shape index (κ2) is 9.49. The average Bonchev–Trinajstić information content (AvgIpc) is 3.59. The van der Waals surface area contributed by atoms with Crippen LogP contribution >= 0.6 is 0 Å². The van der Waals surface area contributed by atoms with Crippen molar-refractivity contribution in [2.24, 2.45) is 5.92 Å². The molecule has 1 aliphatic heterocycles. The topological polar surface area (TPSA) is 8.17 Å². The number of para-hydroxylation sites is 1. The lowest BCUT2D eigenvalue weighted by molar-refractivity contribution is 0.276. The zero-order chi connectivity index (χ0) is 27.6. The van der Waals surface area contributed by atoms with Gasteiger partial charge in [-0.2, -0.15) is 0 Å². The molecule has 0 N–H and O–H groups in total. The van der Waals surface area contributed by atoms with Crippen LogP contribution in [0.2, 0.25) is 0 Å². The molecule has 9 rings (SSSR count). The normalized spacial score (nSPS) is 22.3. The van der Waals surface area contributed by atoms with E-state index in [1.165, 1.54) is 74.2 Å². The number of nitrogens with zero attached hydrogens (tertiary/aromatic N) is 2. The Balaban J connectivity index is 1.25. The van der Waals surface area contributed by atoms with Gasteiger partial charge in [0.1, 0.15) is 0 Å². The number of rotatable bonds is 3. The molecule has 0 fully saturated rings. The van der Waals surface area contributed by atoms with Crippen LogP contribution in [0, 0.1) is 5.92 Å². The fraction of sp³-hybridized carbons (Fsp3) is 0.200. The summed E-state index contributed by atoms with van der Waals surface area (Å²) in [5.41, 5.74) is 15.6. The van der Waals surface area contributed by atoms with Gasteiger partial charge in [-0.15, -0.1) is 0 Å². The predicted octanol–water partition coefficient (Wildman–Crippen LogP) is 9.71. The molecule has 2 heterocycles. The molecule has 2 unspecified atom stereocenters. The fourth-order valence-corrected chi connectivity index (χ4v) is 8.26. The van der Waals surface area contributed by atoms with Gasteiger partial charge in [-0.1, -0.05) is 97.1 Å². The molecule has 0 radical (unpaired) electrons. The Morgan fingerprint density at radius 3 is 2.38 bits per heavy atom. The molecule has 2 nitrogen and oxygen atoms in total. The van der Waals surface area contributed by atoms with Gasteiger partial charge in [0.2, 0.25) is 0 Å². The molecule has 0 amide bonds. The van der Waals surface area contributed by atoms with Gasteiger partial charge < -0.3 is 9.47 Å². The first-order chi connectivity index (χ1) is 20.9. The zero-order valence-corrected chi connectivity index (χ0v) is 23.8. The van der Waals surface area contributed by atoms with E-state index in [2.05, 4.69) is 131 Å². The molecular formula is C40H34N2. The second-order valence-corrected chi connectivity index (χ2v) is 12.2. The number of benzene rings is 3. The summed E-state index contributed by atoms with van der Waals surface area (Å²) in [6, 6.07) is 29.4. The summed E-state index contributed by atoms with van der Waals surface area (Å²) in [4.78, 5) is 2.80. The molecule has 42 heavy (non-hydrogen) atoms. The van der Waals surface area contributed by atoms with E-state index >= 15 is 0 Å². The van der Waals surface area contributed by atoms with E-state index in [0.717, 1.165) is 25.7 Å². The molecule has 4 aliphatic carbocycles. The van der Waals surface area contributed by atoms with Crippen molar-refractivity contribution in [3.05, 3.63) is 155 Å². The maximum atomic E-state index is 2.80. The number of fused-ring (bicyclic) bond motifs is 8. The van der Waals surface area contributed by atoms with Crippen LogP contribution < -0.4 is 0 Å². The van der Waals surface area contributed by atoms with E-state index in [1.807, 2.05) is 0 Å². The molecule has 5 aliphatic rings. The summed E-state index contributed by atoms with van der Waals surface area (Å²) in [7, 11) is 0. The van der Waals surface area contributed by atoms with Crippen LogP contribution in [0.25, 0.3) is 33.3 Å². The summed E-state index contributed by atoms with van der Waals surface area (Å²) in [6.07, 6.45) is 23.4. The van der Waals surface area contributed by atoms with E-state index < -0.39 is 0 Å². The van der Waals surface area contributed by atoms with Crippen LogP contribution in [0.4, 0.5) is 0 Å². The fourth-order valence-electron chi connectivity index (χ4n) is 8.26. The largest absolute Gasteiger partial charge is 0.340 e. The summed E-state index contributed by atoms with van der Waals surface area (Å²) in [5, 5.41) is 1.38. The highest BCUT2D eigenvalue weighted by Crippen LogP contribution is 2.55. The Morgan fingerprint density at radius 1 is 0.690 bits per heavy atom. The molecule has 2 atom stereocenters. The van der Waals surface area contributed by atoms with Gasteiger partial charge in [0.15, 0.2) is 0 Å². The summed E-state index contributed by atoms with van der Waals surface area (Å²) in [5.74, 6) is 0.551. The van der Waals surface area contributed by atoms with Gasteiger partial charge in [0.25, 0.3) is 0 Å². The molecule has 204 valence electrons. The minimum Gasteiger partial charge on any atom is -0.340 e. The molecular weight excluding hydrogens is 508 g/mol. The first-order valence-corrected chi connectivity index (χ1v) is 15.6. The Morgan fingerprint density at radius 2 is 1.52 bits per heavy atom. The van der Waals surface area contributed by atoms with Gasteiger partial charge in [0, 0.05) is 45.2 Å². The summed E-state index contributed by atoms with van der Waals surface area (Å²) in [6.45, 7) is 0. The van der Waals surface area contributed by atoms with Crippen LogP contribution in [0.5, 0.6) is 0 Å². The van der Waals surface area contributed by atoms with Crippen LogP contribution in [0.15, 0.2) is 144 Å². The van der Waals surface area contributed by atoms with Crippen molar-refractivity contribution >= 4 is 16.5 Å². The third-order valence-corrected chi connectivity index (χ3v) is 10.0. The van der Waals surface area contributed by atoms with Crippen molar-refractivity contribution in [3.63, 3.8) is 0 Å². The third kappa shape index (κ3) is 3.51. The van der Waals surface area contributed by atoms with Crippen molar-refractivity contribution in [1.82, 2.24) is 9.47 Å². The Hall–Kier alpha value is -4.56. The molecule has 0 spiro atoms. The van der Waals surface area contributed by atoms with E-state index in [0.29, 0.717) is 12.0 Å². The van der Waals surface area contributed by atoms with Crippen LogP contribution in [-0.4, -0.2) is 15.5 Å². The standard InChI is InChI=1S/C40H34N2/c1-3-11-27(12-4-1)28-19-22-31(23-20-28)41-35-18-10-9-17-33(35)38-36(41)25-26-37-39(38)34-24-21-29-13-7-8-16-32(29)40(34)42(37)30-14-5-2-6-15-30/h1-5,7,9-14,17-24,32,40H,6,8,15-16,25-26H2. The molecule has 3 aromatic carbocycles. The zero-order valence-electron chi connectivity index (χ0n) is 23.8. The number of hydrogen-bond donors (Lipinski definition) is 0. The molecule has 4 aromatic rings. The first kappa shape index (κ1) is 24.1. The van der Waals surface area contributed by atoms with Gasteiger partial charge in [-0.25, -0.2) is 0 Å². The smallest absolute Gasteiger partial charge is 0.0660 e. The van der Waals surface area contributed by atoms with Crippen molar-refractivity contribution in [3.8, 4) is 16.8 Å². The monoisotopic (exact) mass is 542 g/mol. The highest BCUT2D eigenvalue weighted by atomic mass is 15.2. The molecule has 0 saturated heterocycles. The lowest BCUT2D eigenvalue weighted by Gasteiger charge is -2.40. The summed E-state index contributed by atoms with van der Waals surface area (Å²) >= 11 is 0.